The summed E-state index contributed by atoms with van der Waals surface area (Å²) in [4.78, 5) is 1.07. The molecule has 0 spiro atoms. The summed E-state index contributed by atoms with van der Waals surface area (Å²) in [6.45, 7) is 1.98. The zero-order chi connectivity index (χ0) is 12.1. The highest BCUT2D eigenvalue weighted by molar-refractivity contribution is 7.98. The Hall–Kier alpha value is -1.72. The van der Waals surface area contributed by atoms with Crippen LogP contribution in [0.3, 0.4) is 0 Å². The van der Waals surface area contributed by atoms with Gasteiger partial charge in [0.15, 0.2) is 0 Å². The van der Waals surface area contributed by atoms with Crippen LogP contribution in [0.4, 0.5) is 0 Å². The second-order valence-electron chi connectivity index (χ2n) is 3.83. The van der Waals surface area contributed by atoms with E-state index in [-0.39, 0.29) is 0 Å². The van der Waals surface area contributed by atoms with Crippen molar-refractivity contribution in [2.75, 3.05) is 0 Å². The second kappa shape index (κ2) is 5.56. The average molecular weight is 239 g/mol. The van der Waals surface area contributed by atoms with Gasteiger partial charge in [-0.1, -0.05) is 42.5 Å². The van der Waals surface area contributed by atoms with E-state index in [9.17, 15) is 0 Å². The van der Waals surface area contributed by atoms with Crippen LogP contribution in [0.25, 0.3) is 0 Å². The third-order valence-electron chi connectivity index (χ3n) is 2.58. The molecular weight excluding hydrogens is 226 g/mol. The molecule has 0 unspecified atom stereocenters. The Morgan fingerprint density at radius 3 is 2.53 bits per heavy atom. The van der Waals surface area contributed by atoms with Gasteiger partial charge in [0, 0.05) is 10.6 Å². The Labute approximate surface area is 106 Å². The average Bonchev–Trinajstić information content (AvgIpc) is 2.37. The first-order valence-electron chi connectivity index (χ1n) is 5.47. The summed E-state index contributed by atoms with van der Waals surface area (Å²) >= 11 is 1.72. The molecule has 1 nitrogen and oxygen atoms in total. The first-order valence-corrected chi connectivity index (χ1v) is 6.46. The van der Waals surface area contributed by atoms with Crippen LogP contribution >= 0.6 is 11.8 Å². The summed E-state index contributed by atoms with van der Waals surface area (Å²) in [5.41, 5.74) is 3.13. The van der Waals surface area contributed by atoms with Gasteiger partial charge in [-0.15, -0.1) is 11.8 Å². The fraction of sp³-hybridized carbons (Fsp3) is 0.133. The van der Waals surface area contributed by atoms with Crippen LogP contribution < -0.4 is 0 Å². The van der Waals surface area contributed by atoms with Crippen LogP contribution in [0.1, 0.15) is 16.7 Å². The van der Waals surface area contributed by atoms with Gasteiger partial charge in [-0.05, 0) is 24.1 Å². The molecule has 0 aliphatic rings. The maximum absolute atomic E-state index is 9.13. The summed E-state index contributed by atoms with van der Waals surface area (Å²) in [5.74, 6) is 0.902. The number of benzene rings is 2. The number of aryl methyl sites for hydroxylation is 1. The van der Waals surface area contributed by atoms with Gasteiger partial charge in [0.1, 0.15) is 6.07 Å². The zero-order valence-electron chi connectivity index (χ0n) is 9.68. The molecular formula is C15H13NS. The van der Waals surface area contributed by atoms with Gasteiger partial charge in [0.05, 0.1) is 5.56 Å². The zero-order valence-corrected chi connectivity index (χ0v) is 10.5. The predicted molar refractivity (Wildman–Crippen MR) is 71.9 cm³/mol. The van der Waals surface area contributed by atoms with E-state index < -0.39 is 0 Å². The molecule has 0 heterocycles. The van der Waals surface area contributed by atoms with Crippen molar-refractivity contribution in [1.29, 1.82) is 5.26 Å². The van der Waals surface area contributed by atoms with E-state index >= 15 is 0 Å². The second-order valence-corrected chi connectivity index (χ2v) is 4.85. The molecule has 0 saturated carbocycles. The number of nitrogens with zero attached hydrogens (tertiary/aromatic N) is 1. The Morgan fingerprint density at radius 1 is 1.06 bits per heavy atom. The molecule has 0 bridgehead atoms. The third-order valence-corrected chi connectivity index (χ3v) is 3.71. The summed E-state index contributed by atoms with van der Waals surface area (Å²) in [7, 11) is 0. The van der Waals surface area contributed by atoms with Crippen molar-refractivity contribution in [3.63, 3.8) is 0 Å². The maximum Gasteiger partial charge on any atom is 0.101 e. The van der Waals surface area contributed by atoms with E-state index in [4.69, 9.17) is 5.26 Å². The number of hydrogen-bond acceptors (Lipinski definition) is 2. The Bertz CT molecular complexity index is 541. The molecule has 0 atom stereocenters. The smallest absolute Gasteiger partial charge is 0.101 e. The van der Waals surface area contributed by atoms with Gasteiger partial charge in [0.2, 0.25) is 0 Å². The number of nitriles is 1. The number of hydrogen-bond donors (Lipinski definition) is 0. The van der Waals surface area contributed by atoms with E-state index in [2.05, 4.69) is 18.2 Å². The molecule has 0 N–H and O–H groups in total. The molecule has 17 heavy (non-hydrogen) atoms. The first-order chi connectivity index (χ1) is 8.31. The van der Waals surface area contributed by atoms with E-state index in [1.807, 2.05) is 43.3 Å². The molecule has 2 heteroatoms. The molecule has 0 saturated heterocycles. The van der Waals surface area contributed by atoms with Crippen molar-refractivity contribution in [2.24, 2.45) is 0 Å². The van der Waals surface area contributed by atoms with Crippen molar-refractivity contribution in [3.8, 4) is 6.07 Å². The summed E-state index contributed by atoms with van der Waals surface area (Å²) in [6, 6.07) is 18.6. The molecule has 2 rings (SSSR count). The summed E-state index contributed by atoms with van der Waals surface area (Å²) in [6.07, 6.45) is 0. The Balaban J connectivity index is 2.15. The van der Waals surface area contributed by atoms with Gasteiger partial charge in [-0.3, -0.25) is 0 Å². The molecule has 84 valence electrons. The van der Waals surface area contributed by atoms with Crippen LogP contribution in [0.15, 0.2) is 53.4 Å². The van der Waals surface area contributed by atoms with Crippen molar-refractivity contribution < 1.29 is 0 Å². The van der Waals surface area contributed by atoms with Crippen molar-refractivity contribution in [2.45, 2.75) is 17.6 Å². The largest absolute Gasteiger partial charge is 0.192 e. The van der Waals surface area contributed by atoms with Crippen LogP contribution in [-0.4, -0.2) is 0 Å². The van der Waals surface area contributed by atoms with E-state index in [1.165, 1.54) is 5.56 Å². The minimum Gasteiger partial charge on any atom is -0.192 e. The standard InChI is InChI=1S/C15H13NS/c1-12-6-5-9-15(14(12)10-16)17-11-13-7-3-2-4-8-13/h2-9H,11H2,1H3. The van der Waals surface area contributed by atoms with E-state index in [1.54, 1.807) is 11.8 Å². The van der Waals surface area contributed by atoms with Gasteiger partial charge in [0.25, 0.3) is 0 Å². The van der Waals surface area contributed by atoms with Crippen LogP contribution in [0, 0.1) is 18.3 Å². The van der Waals surface area contributed by atoms with Gasteiger partial charge in [-0.25, -0.2) is 0 Å². The van der Waals surface area contributed by atoms with E-state index in [0.29, 0.717) is 0 Å². The molecule has 2 aromatic rings. The monoisotopic (exact) mass is 239 g/mol. The molecule has 0 aliphatic carbocycles. The van der Waals surface area contributed by atoms with Crippen molar-refractivity contribution in [3.05, 3.63) is 65.2 Å². The summed E-state index contributed by atoms with van der Waals surface area (Å²) in [5, 5.41) is 9.13. The fourth-order valence-electron chi connectivity index (χ4n) is 1.64. The van der Waals surface area contributed by atoms with Crippen LogP contribution in [0.2, 0.25) is 0 Å². The molecule has 0 fully saturated rings. The quantitative estimate of drug-likeness (QED) is 0.751. The van der Waals surface area contributed by atoms with Gasteiger partial charge in [-0.2, -0.15) is 5.26 Å². The van der Waals surface area contributed by atoms with E-state index in [0.717, 1.165) is 21.8 Å². The van der Waals surface area contributed by atoms with Crippen LogP contribution in [0.5, 0.6) is 0 Å². The lowest BCUT2D eigenvalue weighted by Gasteiger charge is -2.06. The minimum atomic E-state index is 0.799. The number of thioether (sulfide) groups is 1. The van der Waals surface area contributed by atoms with Gasteiger partial charge < -0.3 is 0 Å². The minimum absolute atomic E-state index is 0.799. The van der Waals surface area contributed by atoms with Gasteiger partial charge >= 0.3 is 0 Å². The molecule has 0 aliphatic heterocycles. The SMILES string of the molecule is Cc1cccc(SCc2ccccc2)c1C#N. The topological polar surface area (TPSA) is 23.8 Å². The molecule has 0 amide bonds. The van der Waals surface area contributed by atoms with Crippen molar-refractivity contribution >= 4 is 11.8 Å². The predicted octanol–water partition coefficient (Wildman–Crippen LogP) is 4.16. The van der Waals surface area contributed by atoms with Crippen molar-refractivity contribution in [1.82, 2.24) is 0 Å². The normalized spacial score (nSPS) is 9.88. The Morgan fingerprint density at radius 2 is 1.82 bits per heavy atom. The highest BCUT2D eigenvalue weighted by Gasteiger charge is 2.05. The Kier molecular flexibility index (Phi) is 3.85. The summed E-state index contributed by atoms with van der Waals surface area (Å²) < 4.78 is 0. The van der Waals surface area contributed by atoms with Crippen LogP contribution in [-0.2, 0) is 5.75 Å². The third kappa shape index (κ3) is 2.89. The highest BCUT2D eigenvalue weighted by atomic mass is 32.2. The lowest BCUT2D eigenvalue weighted by atomic mass is 10.1. The highest BCUT2D eigenvalue weighted by Crippen LogP contribution is 2.27. The first kappa shape index (κ1) is 11.8. The molecule has 0 radical (unpaired) electrons. The molecule has 0 aromatic heterocycles. The maximum atomic E-state index is 9.13. The lowest BCUT2D eigenvalue weighted by molar-refractivity contribution is 1.28. The number of rotatable bonds is 3. The molecule has 2 aromatic carbocycles. The fourth-order valence-corrected chi connectivity index (χ4v) is 2.68. The lowest BCUT2D eigenvalue weighted by Crippen LogP contribution is -1.87.